The quantitative estimate of drug-likeness (QED) is 0.844. The van der Waals surface area contributed by atoms with E-state index in [1.807, 2.05) is 19.1 Å². The second-order valence-corrected chi connectivity index (χ2v) is 4.78. The third kappa shape index (κ3) is 4.48. The van der Waals surface area contributed by atoms with Crippen LogP contribution in [0.25, 0.3) is 0 Å². The van der Waals surface area contributed by atoms with Crippen LogP contribution in [0.15, 0.2) is 18.2 Å². The van der Waals surface area contributed by atoms with Gasteiger partial charge in [-0.3, -0.25) is 4.79 Å². The molecule has 1 aromatic carbocycles. The maximum Gasteiger partial charge on any atom is 0.233 e. The van der Waals surface area contributed by atoms with Crippen LogP contribution in [0.2, 0.25) is 10.0 Å². The minimum atomic E-state index is -0.00369. The summed E-state index contributed by atoms with van der Waals surface area (Å²) >= 11 is 11.9. The summed E-state index contributed by atoms with van der Waals surface area (Å²) in [5.41, 5.74) is 1.04. The minimum Gasteiger partial charge on any atom is -0.355 e. The zero-order valence-electron chi connectivity index (χ0n) is 10.6. The smallest absolute Gasteiger partial charge is 0.233 e. The molecule has 1 unspecified atom stereocenters. The third-order valence-electron chi connectivity index (χ3n) is 2.64. The molecule has 0 saturated carbocycles. The van der Waals surface area contributed by atoms with E-state index in [4.69, 9.17) is 23.2 Å². The Labute approximate surface area is 118 Å². The maximum atomic E-state index is 11.4. The van der Waals surface area contributed by atoms with Crippen molar-refractivity contribution in [3.05, 3.63) is 33.8 Å². The molecular formula is C13H18Cl2N2O. The Balaban J connectivity index is 2.65. The van der Waals surface area contributed by atoms with E-state index < -0.39 is 0 Å². The van der Waals surface area contributed by atoms with Crippen LogP contribution in [0.3, 0.4) is 0 Å². The molecule has 0 radical (unpaired) electrons. The van der Waals surface area contributed by atoms with Crippen LogP contribution in [0.4, 0.5) is 0 Å². The summed E-state index contributed by atoms with van der Waals surface area (Å²) in [7, 11) is 0. The lowest BCUT2D eigenvalue weighted by atomic mass is 10.0. The van der Waals surface area contributed by atoms with Crippen LogP contribution < -0.4 is 10.6 Å². The fraction of sp³-hybridized carbons (Fsp3) is 0.462. The molecule has 0 aliphatic rings. The fourth-order valence-electron chi connectivity index (χ4n) is 1.70. The first-order valence-corrected chi connectivity index (χ1v) is 6.79. The molecule has 2 N–H and O–H groups in total. The number of carbonyl (C=O) groups is 1. The molecule has 100 valence electrons. The van der Waals surface area contributed by atoms with Crippen LogP contribution in [-0.2, 0) is 4.79 Å². The predicted octanol–water partition coefficient (Wildman–Crippen LogP) is 3.17. The monoisotopic (exact) mass is 288 g/mol. The van der Waals surface area contributed by atoms with E-state index in [0.717, 1.165) is 12.0 Å². The van der Waals surface area contributed by atoms with E-state index in [1.54, 1.807) is 6.07 Å². The summed E-state index contributed by atoms with van der Waals surface area (Å²) in [6.45, 7) is 4.89. The molecule has 1 aromatic rings. The molecule has 0 saturated heterocycles. The Kier molecular flexibility index (Phi) is 6.47. The van der Waals surface area contributed by atoms with Crippen molar-refractivity contribution in [2.24, 2.45) is 0 Å². The lowest BCUT2D eigenvalue weighted by Gasteiger charge is -2.17. The van der Waals surface area contributed by atoms with Crippen LogP contribution in [-0.4, -0.2) is 19.0 Å². The molecule has 0 aromatic heterocycles. The van der Waals surface area contributed by atoms with Gasteiger partial charge in [-0.25, -0.2) is 0 Å². The Hall–Kier alpha value is -0.770. The van der Waals surface area contributed by atoms with Crippen molar-refractivity contribution in [3.8, 4) is 0 Å². The summed E-state index contributed by atoms with van der Waals surface area (Å²) in [5.74, 6) is -0.00369. The zero-order chi connectivity index (χ0) is 13.5. The number of amides is 1. The highest BCUT2D eigenvalue weighted by Gasteiger charge is 2.11. The number of carbonyl (C=O) groups excluding carboxylic acids is 1. The van der Waals surface area contributed by atoms with Crippen LogP contribution >= 0.6 is 23.2 Å². The standard InChI is InChI=1S/C13H18Cl2N2O/c1-3-12(17-8-13(18)16-4-2)9-5-6-10(14)11(15)7-9/h5-7,12,17H,3-4,8H2,1-2H3,(H,16,18). The number of hydrogen-bond donors (Lipinski definition) is 2. The Morgan fingerprint density at radius 2 is 2.00 bits per heavy atom. The number of halogens is 2. The molecule has 5 heteroatoms. The third-order valence-corrected chi connectivity index (χ3v) is 3.38. The second kappa shape index (κ2) is 7.62. The average Bonchev–Trinajstić information content (AvgIpc) is 2.34. The van der Waals surface area contributed by atoms with Gasteiger partial charge in [0.1, 0.15) is 0 Å². The molecule has 18 heavy (non-hydrogen) atoms. The zero-order valence-corrected chi connectivity index (χ0v) is 12.1. The van der Waals surface area contributed by atoms with Crippen molar-refractivity contribution < 1.29 is 4.79 Å². The van der Waals surface area contributed by atoms with Gasteiger partial charge < -0.3 is 10.6 Å². The molecule has 3 nitrogen and oxygen atoms in total. The summed E-state index contributed by atoms with van der Waals surface area (Å²) in [4.78, 5) is 11.4. The van der Waals surface area contributed by atoms with Crippen molar-refractivity contribution in [1.29, 1.82) is 0 Å². The Bertz CT molecular complexity index is 410. The number of likely N-dealkylation sites (N-methyl/N-ethyl adjacent to an activating group) is 1. The molecule has 1 atom stereocenters. The number of nitrogens with one attached hydrogen (secondary N) is 2. The molecule has 0 aliphatic carbocycles. The van der Waals surface area contributed by atoms with Gasteiger partial charge in [0.2, 0.25) is 5.91 Å². The van der Waals surface area contributed by atoms with Gasteiger partial charge in [0, 0.05) is 12.6 Å². The first-order chi connectivity index (χ1) is 8.58. The normalized spacial score (nSPS) is 12.2. The highest BCUT2D eigenvalue weighted by molar-refractivity contribution is 6.42. The van der Waals surface area contributed by atoms with Gasteiger partial charge in [0.15, 0.2) is 0 Å². The summed E-state index contributed by atoms with van der Waals surface area (Å²) in [6.07, 6.45) is 0.872. The fourth-order valence-corrected chi connectivity index (χ4v) is 2.01. The topological polar surface area (TPSA) is 41.1 Å². The van der Waals surface area contributed by atoms with Crippen molar-refractivity contribution in [2.75, 3.05) is 13.1 Å². The van der Waals surface area contributed by atoms with Crippen LogP contribution in [0.5, 0.6) is 0 Å². The van der Waals surface area contributed by atoms with E-state index in [0.29, 0.717) is 23.1 Å². The van der Waals surface area contributed by atoms with Gasteiger partial charge >= 0.3 is 0 Å². The Morgan fingerprint density at radius 1 is 1.28 bits per heavy atom. The maximum absolute atomic E-state index is 11.4. The van der Waals surface area contributed by atoms with Gasteiger partial charge in [0.25, 0.3) is 0 Å². The SMILES string of the molecule is CCNC(=O)CNC(CC)c1ccc(Cl)c(Cl)c1. The first-order valence-electron chi connectivity index (χ1n) is 6.03. The van der Waals surface area contributed by atoms with Gasteiger partial charge in [-0.2, -0.15) is 0 Å². The largest absolute Gasteiger partial charge is 0.355 e. The van der Waals surface area contributed by atoms with Crippen molar-refractivity contribution in [3.63, 3.8) is 0 Å². The molecule has 0 aliphatic heterocycles. The average molecular weight is 289 g/mol. The number of benzene rings is 1. The van der Waals surface area contributed by atoms with E-state index >= 15 is 0 Å². The second-order valence-electron chi connectivity index (χ2n) is 3.97. The predicted molar refractivity (Wildman–Crippen MR) is 76.2 cm³/mol. The van der Waals surface area contributed by atoms with Crippen molar-refractivity contribution in [2.45, 2.75) is 26.3 Å². The molecule has 0 fully saturated rings. The number of hydrogen-bond acceptors (Lipinski definition) is 2. The van der Waals surface area contributed by atoms with Crippen LogP contribution in [0.1, 0.15) is 31.9 Å². The highest BCUT2D eigenvalue weighted by atomic mass is 35.5. The first kappa shape index (κ1) is 15.3. The van der Waals surface area contributed by atoms with E-state index in [9.17, 15) is 4.79 Å². The lowest BCUT2D eigenvalue weighted by molar-refractivity contribution is -0.120. The lowest BCUT2D eigenvalue weighted by Crippen LogP contribution is -2.35. The van der Waals surface area contributed by atoms with Gasteiger partial charge in [-0.15, -0.1) is 0 Å². The molecule has 0 heterocycles. The molecular weight excluding hydrogens is 271 g/mol. The summed E-state index contributed by atoms with van der Waals surface area (Å²) in [5, 5.41) is 7.03. The highest BCUT2D eigenvalue weighted by Crippen LogP contribution is 2.26. The molecule has 1 amide bonds. The van der Waals surface area contributed by atoms with Gasteiger partial charge in [-0.05, 0) is 31.0 Å². The summed E-state index contributed by atoms with van der Waals surface area (Å²) < 4.78 is 0. The number of rotatable bonds is 6. The molecule has 0 bridgehead atoms. The Morgan fingerprint density at radius 3 is 2.56 bits per heavy atom. The van der Waals surface area contributed by atoms with Crippen LogP contribution in [0, 0.1) is 0 Å². The van der Waals surface area contributed by atoms with Gasteiger partial charge in [0.05, 0.1) is 16.6 Å². The molecule has 1 rings (SSSR count). The van der Waals surface area contributed by atoms with E-state index in [2.05, 4.69) is 17.6 Å². The molecule has 0 spiro atoms. The minimum absolute atomic E-state index is 0.00369. The van der Waals surface area contributed by atoms with E-state index in [-0.39, 0.29) is 11.9 Å². The van der Waals surface area contributed by atoms with Gasteiger partial charge in [-0.1, -0.05) is 36.2 Å². The van der Waals surface area contributed by atoms with Crippen molar-refractivity contribution >= 4 is 29.1 Å². The van der Waals surface area contributed by atoms with E-state index in [1.165, 1.54) is 0 Å². The van der Waals surface area contributed by atoms with Crippen molar-refractivity contribution in [1.82, 2.24) is 10.6 Å². The summed E-state index contributed by atoms with van der Waals surface area (Å²) in [6, 6.07) is 5.63.